The average Bonchev–Trinajstić information content (AvgIpc) is 2.76. The van der Waals surface area contributed by atoms with E-state index in [4.69, 9.17) is 5.10 Å². The van der Waals surface area contributed by atoms with Crippen LogP contribution in [0.2, 0.25) is 0 Å². The van der Waals surface area contributed by atoms with E-state index in [0.717, 1.165) is 32.7 Å². The average molecular weight is 335 g/mol. The van der Waals surface area contributed by atoms with Crippen molar-refractivity contribution in [3.63, 3.8) is 0 Å². The normalized spacial score (nSPS) is 18.7. The monoisotopic (exact) mass is 334 g/mol. The Morgan fingerprint density at radius 3 is 2.61 bits per heavy atom. The molecule has 0 saturated carbocycles. The smallest absolute Gasteiger partial charge is 0.0662 e. The molecule has 0 bridgehead atoms. The van der Waals surface area contributed by atoms with Gasteiger partial charge >= 0.3 is 0 Å². The highest BCUT2D eigenvalue weighted by molar-refractivity contribution is 5.85. The van der Waals surface area contributed by atoms with Gasteiger partial charge in [0.2, 0.25) is 0 Å². The Morgan fingerprint density at radius 2 is 1.91 bits per heavy atom. The van der Waals surface area contributed by atoms with Crippen molar-refractivity contribution in [2.45, 2.75) is 39.9 Å². The van der Waals surface area contributed by atoms with Crippen LogP contribution in [0.5, 0.6) is 0 Å². The molecule has 0 amide bonds. The highest BCUT2D eigenvalue weighted by Gasteiger charge is 2.19. The van der Waals surface area contributed by atoms with E-state index in [1.165, 1.54) is 22.5 Å². The second kappa shape index (κ2) is 7.95. The standard InChI is InChI=1S/C18H26N4.ClH/c1-14-11-21(10-9-19-14)13-18-15(2)20-22(16(18)3)12-17-7-5-4-6-8-17;/h4-8,14,19H,9-13H2,1-3H3;1H/t14-;/m1./s1. The molecule has 1 aromatic heterocycles. The molecular weight excluding hydrogens is 308 g/mol. The van der Waals surface area contributed by atoms with Gasteiger partial charge in [-0.2, -0.15) is 5.10 Å². The number of hydrogen-bond donors (Lipinski definition) is 1. The zero-order valence-electron chi connectivity index (χ0n) is 14.2. The first kappa shape index (κ1) is 18.0. The van der Waals surface area contributed by atoms with Crippen molar-refractivity contribution in [2.24, 2.45) is 0 Å². The summed E-state index contributed by atoms with van der Waals surface area (Å²) in [5, 5.41) is 8.27. The third kappa shape index (κ3) is 4.34. The van der Waals surface area contributed by atoms with Crippen molar-refractivity contribution >= 4 is 12.4 Å². The number of halogens is 1. The van der Waals surface area contributed by atoms with Gasteiger partial charge in [-0.05, 0) is 26.3 Å². The van der Waals surface area contributed by atoms with Gasteiger partial charge < -0.3 is 5.32 Å². The molecule has 126 valence electrons. The number of aromatic nitrogens is 2. The highest BCUT2D eigenvalue weighted by atomic mass is 35.5. The lowest BCUT2D eigenvalue weighted by Gasteiger charge is -2.31. The molecule has 2 heterocycles. The topological polar surface area (TPSA) is 33.1 Å². The molecular formula is C18H27ClN4. The largest absolute Gasteiger partial charge is 0.312 e. The Morgan fingerprint density at radius 1 is 1.17 bits per heavy atom. The summed E-state index contributed by atoms with van der Waals surface area (Å²) in [6, 6.07) is 11.1. The minimum atomic E-state index is 0. The van der Waals surface area contributed by atoms with Crippen LogP contribution in [0.25, 0.3) is 0 Å². The summed E-state index contributed by atoms with van der Waals surface area (Å²) in [4.78, 5) is 2.53. The molecule has 0 unspecified atom stereocenters. The Labute approximate surface area is 145 Å². The SMILES string of the molecule is Cc1nn(Cc2ccccc2)c(C)c1CN1CCN[C@H](C)C1.Cl. The number of aryl methyl sites for hydroxylation is 1. The van der Waals surface area contributed by atoms with Gasteiger partial charge in [-0.1, -0.05) is 30.3 Å². The van der Waals surface area contributed by atoms with E-state index in [9.17, 15) is 0 Å². The van der Waals surface area contributed by atoms with Crippen LogP contribution in [0.4, 0.5) is 0 Å². The molecule has 1 saturated heterocycles. The molecule has 1 aliphatic heterocycles. The number of nitrogens with one attached hydrogen (secondary N) is 1. The summed E-state index contributed by atoms with van der Waals surface area (Å²) < 4.78 is 2.14. The number of piperazine rings is 1. The minimum Gasteiger partial charge on any atom is -0.312 e. The number of benzene rings is 1. The van der Waals surface area contributed by atoms with Gasteiger partial charge in [-0.3, -0.25) is 9.58 Å². The predicted molar refractivity (Wildman–Crippen MR) is 97.2 cm³/mol. The van der Waals surface area contributed by atoms with Crippen LogP contribution >= 0.6 is 12.4 Å². The molecule has 0 spiro atoms. The lowest BCUT2D eigenvalue weighted by Crippen LogP contribution is -2.48. The van der Waals surface area contributed by atoms with Gasteiger partial charge in [0.25, 0.3) is 0 Å². The lowest BCUT2D eigenvalue weighted by atomic mass is 10.1. The fourth-order valence-electron chi connectivity index (χ4n) is 3.25. The van der Waals surface area contributed by atoms with Crippen LogP contribution in [-0.4, -0.2) is 40.4 Å². The zero-order chi connectivity index (χ0) is 15.5. The third-order valence-corrected chi connectivity index (χ3v) is 4.54. The lowest BCUT2D eigenvalue weighted by molar-refractivity contribution is 0.199. The summed E-state index contributed by atoms with van der Waals surface area (Å²) in [6.07, 6.45) is 0. The molecule has 5 heteroatoms. The fourth-order valence-corrected chi connectivity index (χ4v) is 3.25. The van der Waals surface area contributed by atoms with Crippen molar-refractivity contribution in [1.82, 2.24) is 20.0 Å². The first-order valence-electron chi connectivity index (χ1n) is 8.16. The summed E-state index contributed by atoms with van der Waals surface area (Å²) in [5.74, 6) is 0. The summed E-state index contributed by atoms with van der Waals surface area (Å²) in [5.41, 5.74) is 5.16. The highest BCUT2D eigenvalue weighted by Crippen LogP contribution is 2.18. The van der Waals surface area contributed by atoms with E-state index in [0.29, 0.717) is 6.04 Å². The van der Waals surface area contributed by atoms with Crippen LogP contribution in [0.15, 0.2) is 30.3 Å². The van der Waals surface area contributed by atoms with Crippen LogP contribution in [0, 0.1) is 13.8 Å². The van der Waals surface area contributed by atoms with Gasteiger partial charge in [0.1, 0.15) is 0 Å². The zero-order valence-corrected chi connectivity index (χ0v) is 15.1. The Bertz CT molecular complexity index is 623. The molecule has 1 aromatic carbocycles. The van der Waals surface area contributed by atoms with Crippen molar-refractivity contribution in [3.8, 4) is 0 Å². The summed E-state index contributed by atoms with van der Waals surface area (Å²) in [7, 11) is 0. The molecule has 0 aliphatic carbocycles. The first-order chi connectivity index (χ1) is 10.6. The van der Waals surface area contributed by atoms with Crippen LogP contribution in [0.3, 0.4) is 0 Å². The predicted octanol–water partition coefficient (Wildman–Crippen LogP) is 2.76. The Hall–Kier alpha value is -1.36. The molecule has 4 nitrogen and oxygen atoms in total. The Kier molecular flexibility index (Phi) is 6.22. The molecule has 23 heavy (non-hydrogen) atoms. The van der Waals surface area contributed by atoms with Crippen molar-refractivity contribution in [3.05, 3.63) is 52.8 Å². The van der Waals surface area contributed by atoms with E-state index < -0.39 is 0 Å². The fraction of sp³-hybridized carbons (Fsp3) is 0.500. The molecule has 3 rings (SSSR count). The number of hydrogen-bond acceptors (Lipinski definition) is 3. The maximum absolute atomic E-state index is 4.76. The second-order valence-electron chi connectivity index (χ2n) is 6.38. The quantitative estimate of drug-likeness (QED) is 0.933. The molecule has 0 radical (unpaired) electrons. The van der Waals surface area contributed by atoms with Crippen molar-refractivity contribution in [2.75, 3.05) is 19.6 Å². The van der Waals surface area contributed by atoms with Crippen molar-refractivity contribution in [1.29, 1.82) is 0 Å². The van der Waals surface area contributed by atoms with Crippen LogP contribution in [0.1, 0.15) is 29.4 Å². The third-order valence-electron chi connectivity index (χ3n) is 4.54. The van der Waals surface area contributed by atoms with E-state index in [2.05, 4.69) is 66.0 Å². The van der Waals surface area contributed by atoms with Crippen LogP contribution < -0.4 is 5.32 Å². The molecule has 2 aromatic rings. The maximum Gasteiger partial charge on any atom is 0.0662 e. The van der Waals surface area contributed by atoms with E-state index >= 15 is 0 Å². The van der Waals surface area contributed by atoms with Gasteiger partial charge in [0.15, 0.2) is 0 Å². The van der Waals surface area contributed by atoms with Gasteiger partial charge in [0.05, 0.1) is 12.2 Å². The van der Waals surface area contributed by atoms with Gasteiger partial charge in [-0.15, -0.1) is 12.4 Å². The molecule has 1 fully saturated rings. The van der Waals surface area contributed by atoms with Crippen LogP contribution in [-0.2, 0) is 13.1 Å². The van der Waals surface area contributed by atoms with Gasteiger partial charge in [-0.25, -0.2) is 0 Å². The second-order valence-corrected chi connectivity index (χ2v) is 6.38. The maximum atomic E-state index is 4.76. The summed E-state index contributed by atoms with van der Waals surface area (Å²) in [6.45, 7) is 11.8. The Balaban J connectivity index is 0.00000192. The van der Waals surface area contributed by atoms with E-state index in [1.54, 1.807) is 0 Å². The van der Waals surface area contributed by atoms with E-state index in [-0.39, 0.29) is 12.4 Å². The molecule has 1 N–H and O–H groups in total. The number of nitrogens with zero attached hydrogens (tertiary/aromatic N) is 3. The minimum absolute atomic E-state index is 0. The first-order valence-corrected chi connectivity index (χ1v) is 8.16. The summed E-state index contributed by atoms with van der Waals surface area (Å²) >= 11 is 0. The molecule has 1 aliphatic rings. The van der Waals surface area contributed by atoms with E-state index in [1.807, 2.05) is 0 Å². The van der Waals surface area contributed by atoms with Gasteiger partial charge in [0, 0.05) is 43.5 Å². The number of rotatable bonds is 4. The van der Waals surface area contributed by atoms with Crippen molar-refractivity contribution < 1.29 is 0 Å². The molecule has 1 atom stereocenters.